The van der Waals surface area contributed by atoms with E-state index < -0.39 is 11.9 Å². The van der Waals surface area contributed by atoms with Crippen LogP contribution in [0.2, 0.25) is 0 Å². The second kappa shape index (κ2) is 22.4. The second-order valence-corrected chi connectivity index (χ2v) is 23.6. The van der Waals surface area contributed by atoms with Crippen LogP contribution in [0.15, 0.2) is 97.3 Å². The molecule has 3 N–H and O–H groups in total. The lowest BCUT2D eigenvalue weighted by atomic mass is 9.88. The number of carbonyl (C=O) groups excluding carboxylic acids is 6. The van der Waals surface area contributed by atoms with Gasteiger partial charge in [0.25, 0.3) is 11.8 Å². The molecule has 0 aliphatic carbocycles. The molecule has 2 aromatic heterocycles. The maximum Gasteiger partial charge on any atom is 0.259 e. The number of anilines is 2. The number of pyridine rings is 2. The van der Waals surface area contributed by atoms with Crippen LogP contribution in [-0.2, 0) is 54.6 Å². The molecule has 0 saturated carbocycles. The quantitative estimate of drug-likeness (QED) is 0.0926. The number of piperidine rings is 4. The molecule has 6 amide bonds. The van der Waals surface area contributed by atoms with Crippen LogP contribution < -0.4 is 20.9 Å². The van der Waals surface area contributed by atoms with Crippen molar-refractivity contribution in [2.45, 2.75) is 125 Å². The Labute approximate surface area is 467 Å². The third kappa shape index (κ3) is 11.1. The molecule has 10 heterocycles. The summed E-state index contributed by atoms with van der Waals surface area (Å²) in [6.07, 6.45) is 16.5. The molecule has 17 heteroatoms. The van der Waals surface area contributed by atoms with E-state index in [1.54, 1.807) is 4.90 Å². The van der Waals surface area contributed by atoms with Crippen molar-refractivity contribution in [1.82, 2.24) is 30.4 Å². The summed E-state index contributed by atoms with van der Waals surface area (Å²) in [6, 6.07) is 27.8. The maximum atomic E-state index is 13.4. The van der Waals surface area contributed by atoms with E-state index in [1.807, 2.05) is 60.9 Å². The summed E-state index contributed by atoms with van der Waals surface area (Å²) in [6.45, 7) is 7.91. The highest BCUT2D eigenvalue weighted by Gasteiger charge is 2.42. The normalized spacial score (nSPS) is 22.2. The molecule has 6 fully saturated rings. The van der Waals surface area contributed by atoms with E-state index in [2.05, 4.69) is 78.1 Å². The minimum absolute atomic E-state index is 0.00750. The summed E-state index contributed by atoms with van der Waals surface area (Å²) in [5.74, 6) is -1.28. The molecule has 6 saturated heterocycles. The van der Waals surface area contributed by atoms with Gasteiger partial charge < -0.3 is 14.8 Å². The van der Waals surface area contributed by atoms with Gasteiger partial charge >= 0.3 is 0 Å². The summed E-state index contributed by atoms with van der Waals surface area (Å²) in [5, 5.41) is 11.6. The summed E-state index contributed by atoms with van der Waals surface area (Å²) in [7, 11) is 0. The summed E-state index contributed by atoms with van der Waals surface area (Å²) in [5.41, 5.74) is 10.2. The zero-order valence-corrected chi connectivity index (χ0v) is 45.9. The average Bonchev–Trinajstić information content (AvgIpc) is 4.41. The molecule has 2 unspecified atom stereocenters. The Morgan fingerprint density at radius 1 is 0.570 bits per heavy atom. The number of halogens is 1. The molecule has 79 heavy (non-hydrogen) atoms. The number of imide groups is 2. The molecule has 16 nitrogen and oxygen atoms in total. The van der Waals surface area contributed by atoms with Crippen molar-refractivity contribution in [1.29, 1.82) is 0 Å². The summed E-state index contributed by atoms with van der Waals surface area (Å²) in [4.78, 5) is 86.8. The van der Waals surface area contributed by atoms with Crippen LogP contribution in [0.5, 0.6) is 0 Å². The van der Waals surface area contributed by atoms with Crippen LogP contribution in [0.25, 0.3) is 21.5 Å². The second-order valence-electron chi connectivity index (χ2n) is 22.5. The molecule has 408 valence electrons. The van der Waals surface area contributed by atoms with E-state index in [4.69, 9.17) is 19.4 Å². The van der Waals surface area contributed by atoms with E-state index in [9.17, 15) is 28.8 Å². The van der Waals surface area contributed by atoms with Crippen LogP contribution in [0.3, 0.4) is 0 Å². The van der Waals surface area contributed by atoms with Crippen molar-refractivity contribution < 1.29 is 38.2 Å². The number of likely N-dealkylation sites (tertiary alicyclic amines) is 2. The Hall–Kier alpha value is -6.76. The molecule has 6 aromatic rings. The number of ether oxygens (including phenoxy) is 2. The lowest BCUT2D eigenvalue weighted by molar-refractivity contribution is -0.135. The van der Waals surface area contributed by atoms with E-state index in [1.165, 1.54) is 36.8 Å². The van der Waals surface area contributed by atoms with Crippen LogP contribution in [0.4, 0.5) is 11.4 Å². The van der Waals surface area contributed by atoms with Gasteiger partial charge in [-0.25, -0.2) is 0 Å². The highest BCUT2D eigenvalue weighted by molar-refractivity contribution is 9.10. The maximum absolute atomic E-state index is 13.4. The Morgan fingerprint density at radius 2 is 1.11 bits per heavy atom. The molecule has 8 aliphatic rings. The lowest BCUT2D eigenvalue weighted by Gasteiger charge is -2.38. The number of benzene rings is 4. The van der Waals surface area contributed by atoms with Crippen molar-refractivity contribution in [2.24, 2.45) is 0 Å². The molecule has 2 atom stereocenters. The first-order chi connectivity index (χ1) is 38.4. The number of amides is 6. The van der Waals surface area contributed by atoms with Gasteiger partial charge in [-0.3, -0.25) is 64.1 Å². The molecular formula is C62H65BrN8O8. The number of carbonyl (C=O) groups is 6. The van der Waals surface area contributed by atoms with Gasteiger partial charge in [-0.1, -0.05) is 64.5 Å². The fourth-order valence-corrected chi connectivity index (χ4v) is 13.3. The van der Waals surface area contributed by atoms with Crippen LogP contribution >= 0.6 is 15.9 Å². The number of hydrogen-bond donors (Lipinski definition) is 3. The fraction of sp³-hybridized carbons (Fsp3) is 0.419. The van der Waals surface area contributed by atoms with Crippen LogP contribution in [-0.4, -0.2) is 117 Å². The number of nitrogens with one attached hydrogen (secondary N) is 3. The van der Waals surface area contributed by atoms with Crippen molar-refractivity contribution in [3.63, 3.8) is 0 Å². The average molecular weight is 1130 g/mol. The van der Waals surface area contributed by atoms with Crippen LogP contribution in [0, 0.1) is 0 Å². The Morgan fingerprint density at radius 3 is 1.63 bits per heavy atom. The van der Waals surface area contributed by atoms with Crippen molar-refractivity contribution >= 4 is 84.3 Å². The van der Waals surface area contributed by atoms with Gasteiger partial charge in [-0.2, -0.15) is 0 Å². The van der Waals surface area contributed by atoms with Gasteiger partial charge in [-0.05, 0) is 146 Å². The molecule has 0 bridgehead atoms. The third-order valence-corrected chi connectivity index (χ3v) is 18.2. The molecule has 0 radical (unpaired) electrons. The number of nitrogens with zero attached hydrogens (tertiary/aromatic N) is 5. The van der Waals surface area contributed by atoms with Gasteiger partial charge in [0.1, 0.15) is 6.04 Å². The van der Waals surface area contributed by atoms with Gasteiger partial charge in [0.2, 0.25) is 23.6 Å². The minimum atomic E-state index is -0.676. The van der Waals surface area contributed by atoms with Gasteiger partial charge in [0, 0.05) is 105 Å². The minimum Gasteiger partial charge on any atom is -0.375 e. The molecular weight excluding hydrogens is 1060 g/mol. The number of rotatable bonds is 9. The topological polar surface area (TPSA) is 192 Å². The van der Waals surface area contributed by atoms with E-state index in [0.717, 1.165) is 146 Å². The van der Waals surface area contributed by atoms with Gasteiger partial charge in [-0.15, -0.1) is 0 Å². The first-order valence-electron chi connectivity index (χ1n) is 28.0. The van der Waals surface area contributed by atoms with Crippen molar-refractivity contribution in [2.75, 3.05) is 49.6 Å². The standard InChI is InChI=1S/C31H32N4O4.C26H27N3O2.C5H6BrNO2/c36-27-10-9-26(29(37)33-27)35-25-8-6-21(23-3-1-4-24(28(23)25)30(35)38)17-20-5-7-22(32-18-20)19-34-14-12-31(13-15-34)11-2-16-39-31;30-25-22-4-1-3-21-19(6-8-23(28-25)24(21)22)15-18-5-7-20(27-16-18)17-29-12-10-26(11-13-29)9-2-14-31-26;6-3-1-2-4(8)7-5(3)9/h1,3-8,18,26H,2,9-17,19H2,(H,33,36,37);1,3-8,16H,2,9-15,17H2,(H,28,30);3H,1-2H2,(H,7,8,9). The smallest absolute Gasteiger partial charge is 0.259 e. The number of aromatic nitrogens is 2. The zero-order valence-electron chi connectivity index (χ0n) is 44.3. The zero-order chi connectivity index (χ0) is 54.3. The van der Waals surface area contributed by atoms with E-state index >= 15 is 0 Å². The Balaban J connectivity index is 0.000000139. The first kappa shape index (κ1) is 52.9. The Kier molecular flexibility index (Phi) is 15.0. The highest BCUT2D eigenvalue weighted by Crippen LogP contribution is 2.42. The van der Waals surface area contributed by atoms with Gasteiger partial charge in [0.15, 0.2) is 0 Å². The van der Waals surface area contributed by atoms with Crippen molar-refractivity contribution in [3.8, 4) is 0 Å². The summed E-state index contributed by atoms with van der Waals surface area (Å²) >= 11 is 3.12. The highest BCUT2D eigenvalue weighted by atomic mass is 79.9. The summed E-state index contributed by atoms with van der Waals surface area (Å²) < 4.78 is 12.1. The fourth-order valence-electron chi connectivity index (χ4n) is 13.0. The van der Waals surface area contributed by atoms with Crippen LogP contribution in [0.1, 0.15) is 131 Å². The number of hydrogen-bond acceptors (Lipinski definition) is 12. The SMILES string of the molecule is O=C1CCC(Br)C(=O)N1.O=C1CCC(N2C(=O)c3cccc4c(Cc5ccc(CN6CCC7(CCCO7)CC6)nc5)ccc2c34)C(=O)N1.O=C1Nc2ccc(Cc3ccc(CN4CCC5(CCCO5)CC4)nc3)c3cccc1c23. The molecule has 14 rings (SSSR count). The molecule has 8 aliphatic heterocycles. The van der Waals surface area contributed by atoms with E-state index in [-0.39, 0.29) is 52.0 Å². The first-order valence-corrected chi connectivity index (χ1v) is 29.0. The predicted molar refractivity (Wildman–Crippen MR) is 303 cm³/mol. The molecule has 4 aromatic carbocycles. The largest absolute Gasteiger partial charge is 0.375 e. The number of alkyl halides is 1. The van der Waals surface area contributed by atoms with E-state index in [0.29, 0.717) is 31.2 Å². The predicted octanol–water partition coefficient (Wildman–Crippen LogP) is 8.46. The lowest BCUT2D eigenvalue weighted by Crippen LogP contribution is -2.53. The monoisotopic (exact) mass is 1130 g/mol. The Bertz CT molecular complexity index is 3360. The van der Waals surface area contributed by atoms with Gasteiger partial charge in [0.05, 0.1) is 33.1 Å². The van der Waals surface area contributed by atoms with Crippen molar-refractivity contribution in [3.05, 3.63) is 142 Å². The third-order valence-electron chi connectivity index (χ3n) is 17.4. The molecule has 2 spiro atoms.